The molecule has 7 nitrogen and oxygen atoms in total. The first-order valence-corrected chi connectivity index (χ1v) is 7.82. The number of morpholine rings is 1. The number of amides is 1. The number of guanidine groups is 1. The van der Waals surface area contributed by atoms with Gasteiger partial charge < -0.3 is 21.1 Å². The van der Waals surface area contributed by atoms with Gasteiger partial charge in [0.15, 0.2) is 5.96 Å². The third-order valence-electron chi connectivity index (χ3n) is 3.68. The SMILES string of the molecule is CN=C(N)NCc1cccc(NC(=O)CCN2CCOCC2)c1.I. The van der Waals surface area contributed by atoms with Gasteiger partial charge in [-0.25, -0.2) is 0 Å². The van der Waals surface area contributed by atoms with Crippen molar-refractivity contribution in [3.05, 3.63) is 29.8 Å². The normalized spacial score (nSPS) is 15.5. The number of ether oxygens (including phenoxy) is 1. The Morgan fingerprint density at radius 2 is 2.12 bits per heavy atom. The number of nitrogens with one attached hydrogen (secondary N) is 2. The number of hydrogen-bond donors (Lipinski definition) is 3. The van der Waals surface area contributed by atoms with Crippen LogP contribution in [0.3, 0.4) is 0 Å². The van der Waals surface area contributed by atoms with Crippen LogP contribution >= 0.6 is 24.0 Å². The summed E-state index contributed by atoms with van der Waals surface area (Å²) >= 11 is 0. The minimum Gasteiger partial charge on any atom is -0.379 e. The van der Waals surface area contributed by atoms with Crippen molar-refractivity contribution in [1.82, 2.24) is 10.2 Å². The molecule has 1 heterocycles. The van der Waals surface area contributed by atoms with E-state index in [0.29, 0.717) is 18.9 Å². The molecular weight excluding hydrogens is 421 g/mol. The predicted molar refractivity (Wildman–Crippen MR) is 107 cm³/mol. The number of benzene rings is 1. The Kier molecular flexibility index (Phi) is 9.65. The fourth-order valence-electron chi connectivity index (χ4n) is 2.34. The summed E-state index contributed by atoms with van der Waals surface area (Å²) in [5, 5.41) is 5.93. The first-order chi connectivity index (χ1) is 11.2. The maximum Gasteiger partial charge on any atom is 0.225 e. The van der Waals surface area contributed by atoms with Gasteiger partial charge in [-0.15, -0.1) is 24.0 Å². The molecule has 1 aliphatic heterocycles. The van der Waals surface area contributed by atoms with Gasteiger partial charge in [-0.1, -0.05) is 12.1 Å². The van der Waals surface area contributed by atoms with E-state index in [0.717, 1.165) is 44.1 Å². The van der Waals surface area contributed by atoms with E-state index in [-0.39, 0.29) is 29.9 Å². The standard InChI is InChI=1S/C16H25N5O2.HI/c1-18-16(17)19-12-13-3-2-4-14(11-13)20-15(22)5-6-21-7-9-23-10-8-21;/h2-4,11H,5-10,12H2,1H3,(H,20,22)(H3,17,18,19);1H. The monoisotopic (exact) mass is 447 g/mol. The van der Waals surface area contributed by atoms with Gasteiger partial charge in [0.25, 0.3) is 0 Å². The van der Waals surface area contributed by atoms with Crippen molar-refractivity contribution < 1.29 is 9.53 Å². The first-order valence-electron chi connectivity index (χ1n) is 7.82. The molecule has 0 aliphatic carbocycles. The third-order valence-corrected chi connectivity index (χ3v) is 3.68. The molecule has 1 saturated heterocycles. The number of hydrogen-bond acceptors (Lipinski definition) is 4. The van der Waals surface area contributed by atoms with E-state index in [4.69, 9.17) is 10.5 Å². The molecule has 0 saturated carbocycles. The van der Waals surface area contributed by atoms with Crippen molar-refractivity contribution in [2.45, 2.75) is 13.0 Å². The number of nitrogens with two attached hydrogens (primary N) is 1. The van der Waals surface area contributed by atoms with Crippen LogP contribution in [-0.4, -0.2) is 56.7 Å². The van der Waals surface area contributed by atoms with E-state index >= 15 is 0 Å². The van der Waals surface area contributed by atoms with Crippen molar-refractivity contribution in [2.24, 2.45) is 10.7 Å². The topological polar surface area (TPSA) is 92.0 Å². The van der Waals surface area contributed by atoms with E-state index in [1.54, 1.807) is 7.05 Å². The lowest BCUT2D eigenvalue weighted by Crippen LogP contribution is -2.38. The molecule has 8 heteroatoms. The van der Waals surface area contributed by atoms with Crippen molar-refractivity contribution in [1.29, 1.82) is 0 Å². The van der Waals surface area contributed by atoms with E-state index in [9.17, 15) is 4.79 Å². The van der Waals surface area contributed by atoms with Crippen molar-refractivity contribution in [3.63, 3.8) is 0 Å². The fraction of sp³-hybridized carbons (Fsp3) is 0.500. The van der Waals surface area contributed by atoms with Crippen LogP contribution in [0.15, 0.2) is 29.3 Å². The van der Waals surface area contributed by atoms with E-state index in [2.05, 4.69) is 20.5 Å². The second kappa shape index (κ2) is 11.2. The summed E-state index contributed by atoms with van der Waals surface area (Å²) in [7, 11) is 1.63. The van der Waals surface area contributed by atoms with Gasteiger partial charge in [0.1, 0.15) is 0 Å². The molecule has 24 heavy (non-hydrogen) atoms. The fourth-order valence-corrected chi connectivity index (χ4v) is 2.34. The van der Waals surface area contributed by atoms with E-state index < -0.39 is 0 Å². The highest BCUT2D eigenvalue weighted by molar-refractivity contribution is 14.0. The zero-order chi connectivity index (χ0) is 16.5. The summed E-state index contributed by atoms with van der Waals surface area (Å²) < 4.78 is 5.30. The lowest BCUT2D eigenvalue weighted by Gasteiger charge is -2.26. The van der Waals surface area contributed by atoms with Crippen LogP contribution in [0.4, 0.5) is 5.69 Å². The molecule has 0 radical (unpaired) electrons. The van der Waals surface area contributed by atoms with Crippen LogP contribution in [0.25, 0.3) is 0 Å². The molecule has 0 aromatic heterocycles. The Morgan fingerprint density at radius 1 is 1.38 bits per heavy atom. The van der Waals surface area contributed by atoms with Gasteiger partial charge in [0.2, 0.25) is 5.91 Å². The highest BCUT2D eigenvalue weighted by Gasteiger charge is 2.12. The Bertz CT molecular complexity index is 547. The number of halogens is 1. The highest BCUT2D eigenvalue weighted by atomic mass is 127. The van der Waals surface area contributed by atoms with Gasteiger partial charge in [-0.2, -0.15) is 0 Å². The summed E-state index contributed by atoms with van der Waals surface area (Å²) in [6, 6.07) is 7.70. The molecule has 0 unspecified atom stereocenters. The Hall–Kier alpha value is -1.39. The molecule has 1 aliphatic rings. The Labute approximate surface area is 160 Å². The number of rotatable bonds is 6. The summed E-state index contributed by atoms with van der Waals surface area (Å²) in [6.07, 6.45) is 0.484. The van der Waals surface area contributed by atoms with Gasteiger partial charge >= 0.3 is 0 Å². The van der Waals surface area contributed by atoms with Crippen molar-refractivity contribution >= 4 is 41.5 Å². The van der Waals surface area contributed by atoms with Gasteiger partial charge in [-0.3, -0.25) is 14.7 Å². The highest BCUT2D eigenvalue weighted by Crippen LogP contribution is 2.11. The van der Waals surface area contributed by atoms with E-state index in [1.807, 2.05) is 24.3 Å². The van der Waals surface area contributed by atoms with Crippen LogP contribution in [0.1, 0.15) is 12.0 Å². The molecule has 1 aromatic rings. The van der Waals surface area contributed by atoms with Gasteiger partial charge in [0, 0.05) is 45.3 Å². The number of anilines is 1. The van der Waals surface area contributed by atoms with Gasteiger partial charge in [0.05, 0.1) is 13.2 Å². The second-order valence-electron chi connectivity index (χ2n) is 5.41. The quantitative estimate of drug-likeness (QED) is 0.344. The molecule has 134 valence electrons. The van der Waals surface area contributed by atoms with Crippen LogP contribution in [0.2, 0.25) is 0 Å². The van der Waals surface area contributed by atoms with Crippen molar-refractivity contribution in [3.8, 4) is 0 Å². The lowest BCUT2D eigenvalue weighted by atomic mass is 10.2. The average Bonchev–Trinajstić information content (AvgIpc) is 2.59. The molecule has 0 bridgehead atoms. The molecule has 1 aromatic carbocycles. The predicted octanol–water partition coefficient (Wildman–Crippen LogP) is 0.999. The molecule has 1 fully saturated rings. The maximum absolute atomic E-state index is 12.1. The zero-order valence-electron chi connectivity index (χ0n) is 14.0. The van der Waals surface area contributed by atoms with Crippen LogP contribution in [0.5, 0.6) is 0 Å². The lowest BCUT2D eigenvalue weighted by molar-refractivity contribution is -0.116. The summed E-state index contributed by atoms with van der Waals surface area (Å²) in [5.41, 5.74) is 7.43. The minimum atomic E-state index is 0. The average molecular weight is 447 g/mol. The number of aliphatic imine (C=N–C) groups is 1. The van der Waals surface area contributed by atoms with Crippen LogP contribution < -0.4 is 16.4 Å². The summed E-state index contributed by atoms with van der Waals surface area (Å²) in [5.74, 6) is 0.418. The molecule has 1 amide bonds. The minimum absolute atomic E-state index is 0. The van der Waals surface area contributed by atoms with Gasteiger partial charge in [-0.05, 0) is 17.7 Å². The zero-order valence-corrected chi connectivity index (χ0v) is 16.3. The molecule has 4 N–H and O–H groups in total. The van der Waals surface area contributed by atoms with E-state index in [1.165, 1.54) is 0 Å². The smallest absolute Gasteiger partial charge is 0.225 e. The molecule has 0 spiro atoms. The number of nitrogens with zero attached hydrogens (tertiary/aromatic N) is 2. The Balaban J connectivity index is 0.00000288. The second-order valence-corrected chi connectivity index (χ2v) is 5.41. The molecular formula is C16H26IN5O2. The Morgan fingerprint density at radius 3 is 2.83 bits per heavy atom. The maximum atomic E-state index is 12.1. The molecule has 0 atom stereocenters. The summed E-state index contributed by atoms with van der Waals surface area (Å²) in [6.45, 7) is 4.63. The molecule has 2 rings (SSSR count). The summed E-state index contributed by atoms with van der Waals surface area (Å²) in [4.78, 5) is 18.1. The largest absolute Gasteiger partial charge is 0.379 e. The third kappa shape index (κ3) is 7.45. The first kappa shape index (κ1) is 20.7. The number of carbonyl (C=O) groups is 1. The van der Waals surface area contributed by atoms with Crippen molar-refractivity contribution in [2.75, 3.05) is 45.2 Å². The number of carbonyl (C=O) groups excluding carboxylic acids is 1. The van der Waals surface area contributed by atoms with Crippen LogP contribution in [0, 0.1) is 0 Å². The van der Waals surface area contributed by atoms with Crippen LogP contribution in [-0.2, 0) is 16.1 Å².